The Kier molecular flexibility index (Phi) is 12.6. The predicted molar refractivity (Wildman–Crippen MR) is 140 cm³/mol. The smallest absolute Gasteiger partial charge is 1.00 e. The van der Waals surface area contributed by atoms with Crippen molar-refractivity contribution in [2.75, 3.05) is 6.61 Å². The molecular weight excluding hydrogens is 530 g/mol. The predicted octanol–water partition coefficient (Wildman–Crippen LogP) is 4.17. The van der Waals surface area contributed by atoms with Crippen molar-refractivity contribution in [1.29, 1.82) is 0 Å². The summed E-state index contributed by atoms with van der Waals surface area (Å²) in [5, 5.41) is 2.93. The summed E-state index contributed by atoms with van der Waals surface area (Å²) >= 11 is 0. The molecule has 186 valence electrons. The second-order valence-electron chi connectivity index (χ2n) is 8.56. The summed E-state index contributed by atoms with van der Waals surface area (Å²) < 4.78 is 24.8. The molecule has 0 bridgehead atoms. The maximum atomic E-state index is 11.9. The fourth-order valence-corrected chi connectivity index (χ4v) is 4.04. The van der Waals surface area contributed by atoms with Gasteiger partial charge in [0.1, 0.15) is 6.10 Å². The minimum Gasteiger partial charge on any atom is -1.00 e. The van der Waals surface area contributed by atoms with Crippen molar-refractivity contribution in [2.45, 2.75) is 51.1 Å². The number of hydrogen-bond donors (Lipinski definition) is 1. The molecule has 3 aromatic carbocycles. The van der Waals surface area contributed by atoms with Crippen LogP contribution >= 0.6 is 0 Å². The van der Waals surface area contributed by atoms with Crippen molar-refractivity contribution in [3.8, 4) is 0 Å². The third kappa shape index (κ3) is 9.08. The first-order valence-electron chi connectivity index (χ1n) is 11.9. The largest absolute Gasteiger partial charge is 2.00 e. The SMILES string of the molecule is CC(=O)NC1[CH-]OC(COCc2ccccc2)[C@@H](OCc2ccccc2)[C@H]1OCc1ccccc1.[H-].[Sr+2]. The number of benzene rings is 3. The number of amides is 1. The summed E-state index contributed by atoms with van der Waals surface area (Å²) in [7, 11) is 0. The summed E-state index contributed by atoms with van der Waals surface area (Å²) in [5.41, 5.74) is 3.17. The number of nitrogens with one attached hydrogen (secondary N) is 1. The van der Waals surface area contributed by atoms with Gasteiger partial charge in [-0.25, -0.2) is 0 Å². The normalized spacial score (nSPS) is 21.4. The van der Waals surface area contributed by atoms with E-state index in [4.69, 9.17) is 18.9 Å². The monoisotopic (exact) mass is 563 g/mol. The van der Waals surface area contributed by atoms with Crippen molar-refractivity contribution < 1.29 is 25.2 Å². The van der Waals surface area contributed by atoms with Crippen LogP contribution in [0.2, 0.25) is 0 Å². The Labute approximate surface area is 252 Å². The van der Waals surface area contributed by atoms with Crippen LogP contribution in [0.5, 0.6) is 0 Å². The van der Waals surface area contributed by atoms with Crippen LogP contribution in [0.4, 0.5) is 0 Å². The molecule has 1 fully saturated rings. The zero-order valence-electron chi connectivity index (χ0n) is 21.6. The summed E-state index contributed by atoms with van der Waals surface area (Å²) in [6, 6.07) is 29.5. The third-order valence-electron chi connectivity index (χ3n) is 5.78. The Morgan fingerprint density at radius 3 is 1.78 bits per heavy atom. The zero-order valence-corrected chi connectivity index (χ0v) is 24.1. The van der Waals surface area contributed by atoms with Crippen molar-refractivity contribution in [2.24, 2.45) is 0 Å². The van der Waals surface area contributed by atoms with E-state index in [0.29, 0.717) is 26.4 Å². The van der Waals surface area contributed by atoms with Gasteiger partial charge in [-0.3, -0.25) is 4.79 Å². The van der Waals surface area contributed by atoms with Crippen LogP contribution in [-0.4, -0.2) is 82.3 Å². The van der Waals surface area contributed by atoms with E-state index in [9.17, 15) is 4.79 Å². The number of hydrogen-bond acceptors (Lipinski definition) is 5. The minimum atomic E-state index is -0.462. The molecule has 1 amide bonds. The van der Waals surface area contributed by atoms with Crippen LogP contribution in [0.15, 0.2) is 91.0 Å². The van der Waals surface area contributed by atoms with Crippen LogP contribution < -0.4 is 5.32 Å². The maximum absolute atomic E-state index is 11.9. The molecule has 1 heterocycles. The van der Waals surface area contributed by atoms with E-state index < -0.39 is 24.4 Å². The summed E-state index contributed by atoms with van der Waals surface area (Å²) in [6.07, 6.45) is -1.31. The van der Waals surface area contributed by atoms with Gasteiger partial charge in [0.15, 0.2) is 0 Å². The Morgan fingerprint density at radius 1 is 0.806 bits per heavy atom. The molecule has 1 N–H and O–H groups in total. The van der Waals surface area contributed by atoms with Crippen molar-refractivity contribution in [3.05, 3.63) is 114 Å². The van der Waals surface area contributed by atoms with Crippen LogP contribution in [0, 0.1) is 6.61 Å². The molecule has 3 aromatic rings. The van der Waals surface area contributed by atoms with Gasteiger partial charge in [0, 0.05) is 6.92 Å². The van der Waals surface area contributed by atoms with E-state index in [1.807, 2.05) is 91.0 Å². The molecule has 6 nitrogen and oxygen atoms in total. The molecule has 1 aliphatic heterocycles. The first-order valence-corrected chi connectivity index (χ1v) is 11.9. The summed E-state index contributed by atoms with van der Waals surface area (Å²) in [4.78, 5) is 11.9. The molecule has 0 saturated carbocycles. The topological polar surface area (TPSA) is 66.0 Å². The Morgan fingerprint density at radius 2 is 1.28 bits per heavy atom. The van der Waals surface area contributed by atoms with Gasteiger partial charge in [0.05, 0.1) is 38.6 Å². The molecule has 1 aliphatic rings. The average molecular weight is 563 g/mol. The molecule has 2 unspecified atom stereocenters. The minimum absolute atomic E-state index is 0. The fourth-order valence-electron chi connectivity index (χ4n) is 4.04. The number of carbonyl (C=O) groups is 1. The molecule has 36 heavy (non-hydrogen) atoms. The van der Waals surface area contributed by atoms with E-state index in [-0.39, 0.29) is 52.8 Å². The van der Waals surface area contributed by atoms with Gasteiger partial charge in [0.2, 0.25) is 5.91 Å². The van der Waals surface area contributed by atoms with Gasteiger partial charge >= 0.3 is 45.5 Å². The fraction of sp³-hybridized carbons (Fsp3) is 0.310. The second-order valence-corrected chi connectivity index (χ2v) is 8.56. The van der Waals surface area contributed by atoms with Crippen LogP contribution in [-0.2, 0) is 43.6 Å². The molecule has 0 radical (unpaired) electrons. The molecule has 7 heteroatoms. The van der Waals surface area contributed by atoms with Gasteiger partial charge in [-0.05, 0) is 22.7 Å². The van der Waals surface area contributed by atoms with Crippen molar-refractivity contribution >= 4 is 51.4 Å². The van der Waals surface area contributed by atoms with Gasteiger partial charge in [-0.1, -0.05) is 91.0 Å². The van der Waals surface area contributed by atoms with Crippen LogP contribution in [0.25, 0.3) is 0 Å². The van der Waals surface area contributed by atoms with Gasteiger partial charge < -0.3 is 25.7 Å². The molecule has 4 rings (SSSR count). The standard InChI is InChI=1S/C29H32NO5.Sr.H/c1-22(31)30-26-20-33-27(21-32-17-23-11-5-2-6-12-23)29(35-19-25-15-9-4-10-16-25)28(26)34-18-24-13-7-3-8-14-24;;/h2-16,20,26-29H,17-19,21H2,1H3,(H,30,31);;/q-1;+2;-1/t26?,27?,28-,29+;;/m0../s1. The second kappa shape index (κ2) is 15.6. The van der Waals surface area contributed by atoms with E-state index >= 15 is 0 Å². The average Bonchev–Trinajstić information content (AvgIpc) is 2.89. The molecule has 0 aromatic heterocycles. The van der Waals surface area contributed by atoms with Gasteiger partial charge in [-0.15, -0.1) is 0 Å². The molecular formula is C29H33NO5Sr. The quantitative estimate of drug-likeness (QED) is 0.281. The van der Waals surface area contributed by atoms with Crippen LogP contribution in [0.1, 0.15) is 25.0 Å². The summed E-state index contributed by atoms with van der Waals surface area (Å²) in [5.74, 6) is -0.163. The maximum Gasteiger partial charge on any atom is 2.00 e. The first kappa shape index (κ1) is 29.0. The van der Waals surface area contributed by atoms with Crippen LogP contribution in [0.3, 0.4) is 0 Å². The summed E-state index contributed by atoms with van der Waals surface area (Å²) in [6.45, 7) is 4.69. The van der Waals surface area contributed by atoms with E-state index in [1.54, 1.807) is 6.61 Å². The first-order chi connectivity index (χ1) is 17.2. The van der Waals surface area contributed by atoms with E-state index in [0.717, 1.165) is 16.7 Å². The van der Waals surface area contributed by atoms with E-state index in [2.05, 4.69) is 5.32 Å². The van der Waals surface area contributed by atoms with Crippen molar-refractivity contribution in [3.63, 3.8) is 0 Å². The molecule has 0 aliphatic carbocycles. The molecule has 0 spiro atoms. The van der Waals surface area contributed by atoms with E-state index in [1.165, 1.54) is 6.92 Å². The molecule has 1 saturated heterocycles. The zero-order chi connectivity index (χ0) is 24.3. The van der Waals surface area contributed by atoms with Gasteiger partial charge in [-0.2, -0.15) is 6.61 Å². The number of carbonyl (C=O) groups excluding carboxylic acids is 1. The number of ether oxygens (including phenoxy) is 4. The Hall–Kier alpha value is -1.55. The Balaban J connectivity index is 0.00000241. The van der Waals surface area contributed by atoms with Gasteiger partial charge in [0.25, 0.3) is 0 Å². The number of rotatable bonds is 11. The molecule has 4 atom stereocenters. The van der Waals surface area contributed by atoms with Crippen molar-refractivity contribution in [1.82, 2.24) is 5.32 Å². The third-order valence-corrected chi connectivity index (χ3v) is 5.78. The Bertz CT molecular complexity index is 1030.